The monoisotopic (exact) mass is 804 g/mol. The molecule has 2 N–H and O–H groups in total. The molecule has 6 atom stereocenters. The Bertz CT molecular complexity index is 2650. The Morgan fingerprint density at radius 3 is 2.54 bits per heavy atom. The lowest BCUT2D eigenvalue weighted by atomic mass is 9.51. The van der Waals surface area contributed by atoms with Crippen LogP contribution in [-0.4, -0.2) is 56.2 Å². The lowest BCUT2D eigenvalue weighted by molar-refractivity contribution is -0.131. The van der Waals surface area contributed by atoms with Crippen LogP contribution < -0.4 is 14.5 Å². The van der Waals surface area contributed by atoms with E-state index >= 15 is 4.79 Å². The van der Waals surface area contributed by atoms with Crippen LogP contribution in [0.25, 0.3) is 20.7 Å². The highest BCUT2D eigenvalue weighted by atomic mass is 35.5. The van der Waals surface area contributed by atoms with Crippen molar-refractivity contribution in [2.24, 2.45) is 36.1 Å². The normalized spacial score (nSPS) is 25.5. The molecule has 3 aromatic carbocycles. The number of hydrogen-bond acceptors (Lipinski definition) is 9. The summed E-state index contributed by atoms with van der Waals surface area (Å²) in [6, 6.07) is 18.1. The van der Waals surface area contributed by atoms with Gasteiger partial charge in [-0.05, 0) is 105 Å². The third kappa shape index (κ3) is 5.31. The van der Waals surface area contributed by atoms with Crippen LogP contribution in [0, 0.1) is 36.0 Å². The van der Waals surface area contributed by atoms with Gasteiger partial charge in [-0.15, -0.1) is 11.3 Å². The Labute approximate surface area is 335 Å². The summed E-state index contributed by atoms with van der Waals surface area (Å²) in [5, 5.41) is 26.8. The van der Waals surface area contributed by atoms with E-state index in [9.17, 15) is 29.4 Å². The summed E-state index contributed by atoms with van der Waals surface area (Å²) in [5.41, 5.74) is 1.72. The van der Waals surface area contributed by atoms with Crippen LogP contribution in [0.4, 0.5) is 11.5 Å². The van der Waals surface area contributed by atoms with Gasteiger partial charge in [-0.25, -0.2) is 9.69 Å². The first-order valence-corrected chi connectivity index (χ1v) is 19.9. The van der Waals surface area contributed by atoms with E-state index in [0.717, 1.165) is 31.0 Å². The second kappa shape index (κ2) is 13.1. The minimum absolute atomic E-state index is 0.0619. The number of rotatable bonds is 7. The molecule has 1 saturated carbocycles. The number of aryl methyl sites for hydroxylation is 2. The minimum atomic E-state index is -1.34. The Balaban J connectivity index is 1.16. The van der Waals surface area contributed by atoms with E-state index in [4.69, 9.17) is 21.4 Å². The summed E-state index contributed by atoms with van der Waals surface area (Å²) in [4.78, 5) is 73.7. The maximum absolute atomic E-state index is 15.2. The van der Waals surface area contributed by atoms with Gasteiger partial charge in [0.05, 0.1) is 45.9 Å². The van der Waals surface area contributed by atoms with Gasteiger partial charge in [0, 0.05) is 28.8 Å². The number of carboxylic acid groups (broad SMARTS) is 1. The van der Waals surface area contributed by atoms with E-state index in [1.807, 2.05) is 31.2 Å². The molecule has 57 heavy (non-hydrogen) atoms. The average molecular weight is 805 g/mol. The number of allylic oxidation sites excluding steroid dienone is 2. The van der Waals surface area contributed by atoms with Gasteiger partial charge in [-0.1, -0.05) is 35.4 Å². The minimum Gasteiger partial charge on any atom is -0.504 e. The molecule has 2 saturated heterocycles. The summed E-state index contributed by atoms with van der Waals surface area (Å²) < 4.78 is 8.34. The highest BCUT2D eigenvalue weighted by Crippen LogP contribution is 2.64. The molecule has 4 amide bonds. The third-order valence-electron chi connectivity index (χ3n) is 12.5. The smallest absolute Gasteiger partial charge is 0.335 e. The number of aromatic carboxylic acids is 1. The van der Waals surface area contributed by atoms with E-state index in [1.54, 1.807) is 50.4 Å². The van der Waals surface area contributed by atoms with Gasteiger partial charge in [0.15, 0.2) is 11.5 Å². The van der Waals surface area contributed by atoms with Crippen LogP contribution in [0.2, 0.25) is 5.02 Å². The van der Waals surface area contributed by atoms with Crippen molar-refractivity contribution in [3.63, 3.8) is 0 Å². The number of carboxylic acids is 1. The van der Waals surface area contributed by atoms with Gasteiger partial charge in [0.1, 0.15) is 11.5 Å². The molecule has 12 nitrogen and oxygen atoms in total. The predicted molar refractivity (Wildman–Crippen MR) is 214 cm³/mol. The number of carbonyl (C=O) groups excluding carboxylic acids is 4. The third-order valence-corrected chi connectivity index (χ3v) is 14.0. The van der Waals surface area contributed by atoms with Crippen LogP contribution in [0.1, 0.15) is 54.1 Å². The molecule has 0 radical (unpaired) electrons. The number of benzene rings is 3. The molecule has 290 valence electrons. The van der Waals surface area contributed by atoms with E-state index in [2.05, 4.69) is 0 Å². The van der Waals surface area contributed by atoms with Crippen molar-refractivity contribution in [3.05, 3.63) is 100 Å². The fourth-order valence-corrected chi connectivity index (χ4v) is 11.2. The molecule has 2 aliphatic carbocycles. The number of thiophene rings is 1. The molecule has 0 spiro atoms. The Hall–Kier alpha value is -5.79. The zero-order valence-electron chi connectivity index (χ0n) is 31.4. The fourth-order valence-electron chi connectivity index (χ4n) is 9.84. The fraction of sp³-hybridized carbons (Fsp3) is 0.302. The maximum atomic E-state index is 15.2. The van der Waals surface area contributed by atoms with Crippen molar-refractivity contribution in [2.45, 2.75) is 39.5 Å². The van der Waals surface area contributed by atoms with Gasteiger partial charge in [0.2, 0.25) is 23.6 Å². The van der Waals surface area contributed by atoms with E-state index in [1.165, 1.54) is 39.9 Å². The zero-order chi connectivity index (χ0) is 40.2. The first-order valence-electron chi connectivity index (χ1n) is 18.7. The molecule has 0 unspecified atom stereocenters. The molecule has 5 aromatic rings. The van der Waals surface area contributed by atoms with E-state index in [-0.39, 0.29) is 42.2 Å². The number of carbonyl (C=O) groups is 5. The maximum Gasteiger partial charge on any atom is 0.335 e. The van der Waals surface area contributed by atoms with Crippen molar-refractivity contribution in [1.82, 2.24) is 9.78 Å². The molecule has 4 aliphatic rings. The summed E-state index contributed by atoms with van der Waals surface area (Å²) in [7, 11) is 1.69. The number of anilines is 2. The lowest BCUT2D eigenvalue weighted by Gasteiger charge is -2.49. The summed E-state index contributed by atoms with van der Waals surface area (Å²) in [6.45, 7) is 5.84. The number of fused-ring (bicyclic) bond motifs is 5. The number of phenols is 1. The average Bonchev–Trinajstić information content (AvgIpc) is 3.86. The number of aromatic hydroxyl groups is 1. The number of ether oxygens (including phenoxy) is 1. The number of halogens is 1. The number of amides is 4. The first-order chi connectivity index (χ1) is 27.2. The van der Waals surface area contributed by atoms with Gasteiger partial charge >= 0.3 is 5.97 Å². The molecule has 2 aliphatic heterocycles. The molecular formula is C43H37ClN4O8S. The zero-order valence-corrected chi connectivity index (χ0v) is 32.9. The Morgan fingerprint density at radius 1 is 1.00 bits per heavy atom. The Morgan fingerprint density at radius 2 is 1.79 bits per heavy atom. The van der Waals surface area contributed by atoms with Crippen molar-refractivity contribution >= 4 is 74.1 Å². The van der Waals surface area contributed by atoms with Crippen LogP contribution in [0.5, 0.6) is 11.5 Å². The van der Waals surface area contributed by atoms with Gasteiger partial charge in [-0.2, -0.15) is 5.10 Å². The number of aromatic nitrogens is 2. The van der Waals surface area contributed by atoms with Crippen LogP contribution in [0.15, 0.2) is 78.4 Å². The standard InChI is InChI=1S/C43H37ClN4O8S/c1-5-56-32-16-21(9-13-31(32)49)36-25-11-12-26-35(40(52)47(38(26)50)24-8-6-7-22(15-24)41(53)54)28(25)18-29-39(51)48(42(55)43(29,36)3)34-19-30(45-46(34)4)37-20(2)27-17-23(44)10-14-33(27)57-37/h6-11,13-17,19,26,28-29,35-36,49H,5,12,18H2,1-4H3,(H,53,54)/t26-,28+,29-,35-,36-,43+/m0/s1. The molecule has 14 heteroatoms. The van der Waals surface area contributed by atoms with Gasteiger partial charge < -0.3 is 14.9 Å². The number of hydrogen-bond donors (Lipinski definition) is 2. The number of imide groups is 2. The topological polar surface area (TPSA) is 159 Å². The van der Waals surface area contributed by atoms with Crippen LogP contribution in [0.3, 0.4) is 0 Å². The lowest BCUT2D eigenvalue weighted by Crippen LogP contribution is -2.49. The molecule has 3 fully saturated rings. The number of nitrogens with zero attached hydrogens (tertiary/aromatic N) is 4. The van der Waals surface area contributed by atoms with Crippen molar-refractivity contribution in [1.29, 1.82) is 0 Å². The molecule has 9 rings (SSSR count). The SMILES string of the molecule is CCOc1cc([C@H]2C3=CC[C@@H]4C(=O)N(c5cccc(C(=O)O)c5)C(=O)[C@@H]4[C@@H]3C[C@H]3C(=O)N(c4cc(-c5sc6ccc(Cl)cc6c5C)nn4C)C(=O)[C@@]23C)ccc1O. The number of phenolic OH excluding ortho intramolecular Hbond substituents is 1. The van der Waals surface area contributed by atoms with Crippen molar-refractivity contribution in [3.8, 4) is 22.1 Å². The highest BCUT2D eigenvalue weighted by Gasteiger charge is 2.68. The summed E-state index contributed by atoms with van der Waals surface area (Å²) in [6.07, 6.45) is 2.27. The highest BCUT2D eigenvalue weighted by molar-refractivity contribution is 7.22. The van der Waals surface area contributed by atoms with Gasteiger partial charge in [0.25, 0.3) is 0 Å². The van der Waals surface area contributed by atoms with E-state index < -0.39 is 64.6 Å². The summed E-state index contributed by atoms with van der Waals surface area (Å²) in [5.74, 6) is -6.38. The predicted octanol–water partition coefficient (Wildman–Crippen LogP) is 7.50. The van der Waals surface area contributed by atoms with Gasteiger partial charge in [-0.3, -0.25) is 28.8 Å². The van der Waals surface area contributed by atoms with Crippen molar-refractivity contribution < 1.29 is 38.9 Å². The molecular weight excluding hydrogens is 768 g/mol. The molecule has 2 aromatic heterocycles. The molecule has 0 bridgehead atoms. The summed E-state index contributed by atoms with van der Waals surface area (Å²) >= 11 is 7.86. The molecule has 4 heterocycles. The van der Waals surface area contributed by atoms with Crippen LogP contribution >= 0.6 is 22.9 Å². The quantitative estimate of drug-likeness (QED) is 0.126. The second-order valence-electron chi connectivity index (χ2n) is 15.4. The second-order valence-corrected chi connectivity index (χ2v) is 16.9. The van der Waals surface area contributed by atoms with E-state index in [0.29, 0.717) is 22.1 Å². The largest absolute Gasteiger partial charge is 0.504 e. The van der Waals surface area contributed by atoms with Crippen LogP contribution in [-0.2, 0) is 26.2 Å². The first kappa shape index (κ1) is 36.8. The Kier molecular flexibility index (Phi) is 8.49. The van der Waals surface area contributed by atoms with Crippen molar-refractivity contribution in [2.75, 3.05) is 16.4 Å².